The maximum absolute atomic E-state index is 13.1. The number of hydrogen-bond acceptors (Lipinski definition) is 14. The summed E-state index contributed by atoms with van der Waals surface area (Å²) >= 11 is 0. The van der Waals surface area contributed by atoms with Crippen molar-refractivity contribution in [2.75, 3.05) is 33.0 Å². The van der Waals surface area contributed by atoms with E-state index in [2.05, 4.69) is 38.2 Å². The highest BCUT2D eigenvalue weighted by Crippen LogP contribution is 2.27. The average Bonchev–Trinajstić information content (AvgIpc) is 3.40. The Balaban J connectivity index is 1.70. The van der Waals surface area contributed by atoms with Crippen LogP contribution in [0.15, 0.2) is 24.3 Å². The molecule has 74 heavy (non-hydrogen) atoms. The van der Waals surface area contributed by atoms with Crippen LogP contribution in [0.1, 0.15) is 251 Å². The molecule has 14 nitrogen and oxygen atoms in total. The molecule has 0 saturated carbocycles. The fraction of sp³-hybridized carbons (Fsp3) is 0.917. The van der Waals surface area contributed by atoms with Gasteiger partial charge in [0, 0.05) is 13.0 Å². The number of aliphatic hydroxyl groups is 7. The van der Waals surface area contributed by atoms with E-state index in [0.29, 0.717) is 13.0 Å². The molecule has 0 radical (unpaired) electrons. The van der Waals surface area contributed by atoms with Gasteiger partial charge in [-0.05, 0) is 44.9 Å². The first-order chi connectivity index (χ1) is 36.1. The number of esters is 1. The molecule has 11 unspecified atom stereocenters. The number of ether oxygens (including phenoxy) is 6. The zero-order valence-corrected chi connectivity index (χ0v) is 46.8. The Morgan fingerprint density at radius 3 is 1.31 bits per heavy atom. The lowest BCUT2D eigenvalue weighted by molar-refractivity contribution is -0.332. The third-order valence-electron chi connectivity index (χ3n) is 14.7. The number of carbonyl (C=O) groups excluding carboxylic acids is 1. The lowest BCUT2D eigenvalue weighted by Gasteiger charge is -2.42. The van der Waals surface area contributed by atoms with Crippen molar-refractivity contribution in [3.63, 3.8) is 0 Å². The Bertz CT molecular complexity index is 1320. The number of rotatable bonds is 50. The van der Waals surface area contributed by atoms with Gasteiger partial charge in [-0.1, -0.05) is 224 Å². The predicted octanol–water partition coefficient (Wildman–Crippen LogP) is 11.1. The van der Waals surface area contributed by atoms with E-state index < -0.39 is 80.7 Å². The largest absolute Gasteiger partial charge is 0.457 e. The SMILES string of the molecule is CCCCCC/C=C\C/C=C\CCCCCCCCCCOCC(COC1OC(COC2OC(CO)C(O)C(O)C2O)C(O)C(O)C1O)OC(=O)CCCCCCCCCCCCCCCCCCCCCCC. The predicted molar refractivity (Wildman–Crippen MR) is 294 cm³/mol. The van der Waals surface area contributed by atoms with Gasteiger partial charge < -0.3 is 64.2 Å². The van der Waals surface area contributed by atoms with Crippen molar-refractivity contribution in [1.82, 2.24) is 0 Å². The zero-order valence-electron chi connectivity index (χ0n) is 46.8. The molecule has 2 saturated heterocycles. The molecule has 0 bridgehead atoms. The molecule has 2 fully saturated rings. The van der Waals surface area contributed by atoms with Gasteiger partial charge in [-0.3, -0.25) is 4.79 Å². The minimum atomic E-state index is -1.71. The first-order valence-electron chi connectivity index (χ1n) is 30.4. The Morgan fingerprint density at radius 1 is 0.446 bits per heavy atom. The van der Waals surface area contributed by atoms with Crippen LogP contribution in [0.5, 0.6) is 0 Å². The van der Waals surface area contributed by atoms with Crippen LogP contribution >= 0.6 is 0 Å². The van der Waals surface area contributed by atoms with E-state index in [1.807, 2.05) is 0 Å². The van der Waals surface area contributed by atoms with Crippen molar-refractivity contribution in [3.8, 4) is 0 Å². The molecule has 0 spiro atoms. The van der Waals surface area contributed by atoms with Gasteiger partial charge in [0.05, 0.1) is 26.4 Å². The van der Waals surface area contributed by atoms with Gasteiger partial charge in [0.1, 0.15) is 54.9 Å². The number of allylic oxidation sites excluding steroid dienone is 4. The molecular weight excluding hydrogens is 945 g/mol. The van der Waals surface area contributed by atoms with Crippen molar-refractivity contribution in [2.24, 2.45) is 0 Å². The summed E-state index contributed by atoms with van der Waals surface area (Å²) in [5.74, 6) is -0.372. The molecule has 2 heterocycles. The van der Waals surface area contributed by atoms with Gasteiger partial charge in [-0.2, -0.15) is 0 Å². The van der Waals surface area contributed by atoms with Crippen LogP contribution in [-0.4, -0.2) is 142 Å². The fourth-order valence-electron chi connectivity index (χ4n) is 9.79. The molecule has 7 N–H and O–H groups in total. The second-order valence-electron chi connectivity index (χ2n) is 21.5. The Kier molecular flexibility index (Phi) is 44.0. The summed E-state index contributed by atoms with van der Waals surface area (Å²) in [4.78, 5) is 13.1. The molecule has 11 atom stereocenters. The molecule has 0 aliphatic carbocycles. The molecule has 0 aromatic rings. The van der Waals surface area contributed by atoms with Gasteiger partial charge in [0.2, 0.25) is 0 Å². The first kappa shape index (κ1) is 68.6. The highest BCUT2D eigenvalue weighted by molar-refractivity contribution is 5.69. The molecule has 0 amide bonds. The third-order valence-corrected chi connectivity index (χ3v) is 14.7. The lowest BCUT2D eigenvalue weighted by atomic mass is 9.98. The minimum Gasteiger partial charge on any atom is -0.457 e. The van der Waals surface area contributed by atoms with Crippen molar-refractivity contribution in [1.29, 1.82) is 0 Å². The van der Waals surface area contributed by atoms with Crippen LogP contribution in [0.4, 0.5) is 0 Å². The fourth-order valence-corrected chi connectivity index (χ4v) is 9.79. The normalized spacial score (nSPS) is 24.9. The second kappa shape index (κ2) is 47.5. The molecule has 0 aromatic carbocycles. The number of carbonyl (C=O) groups is 1. The molecule has 0 aromatic heterocycles. The Hall–Kier alpha value is -1.53. The quantitative estimate of drug-likeness (QED) is 0.0172. The van der Waals surface area contributed by atoms with E-state index in [9.17, 15) is 40.5 Å². The molecular formula is C60H112O14. The maximum atomic E-state index is 13.1. The summed E-state index contributed by atoms with van der Waals surface area (Å²) in [6.07, 6.45) is 38.1. The summed E-state index contributed by atoms with van der Waals surface area (Å²) < 4.78 is 34.4. The molecule has 14 heteroatoms. The van der Waals surface area contributed by atoms with E-state index >= 15 is 0 Å². The van der Waals surface area contributed by atoms with E-state index in [-0.39, 0.29) is 25.6 Å². The van der Waals surface area contributed by atoms with Crippen LogP contribution in [0.3, 0.4) is 0 Å². The van der Waals surface area contributed by atoms with Gasteiger partial charge in [-0.15, -0.1) is 0 Å². The summed E-state index contributed by atoms with van der Waals surface area (Å²) in [7, 11) is 0. The first-order valence-corrected chi connectivity index (χ1v) is 30.4. The molecule has 2 aliphatic rings. The van der Waals surface area contributed by atoms with Crippen LogP contribution in [0.25, 0.3) is 0 Å². The van der Waals surface area contributed by atoms with Crippen molar-refractivity contribution >= 4 is 5.97 Å². The van der Waals surface area contributed by atoms with E-state index in [0.717, 1.165) is 51.4 Å². The number of unbranched alkanes of at least 4 members (excludes halogenated alkanes) is 32. The van der Waals surface area contributed by atoms with Crippen LogP contribution in [0.2, 0.25) is 0 Å². The maximum Gasteiger partial charge on any atom is 0.306 e. The third kappa shape index (κ3) is 33.7. The summed E-state index contributed by atoms with van der Waals surface area (Å²) in [5, 5.41) is 72.4. The summed E-state index contributed by atoms with van der Waals surface area (Å²) in [6, 6.07) is 0. The summed E-state index contributed by atoms with van der Waals surface area (Å²) in [6.45, 7) is 3.71. The highest BCUT2D eigenvalue weighted by atomic mass is 16.7. The molecule has 436 valence electrons. The molecule has 2 rings (SSSR count). The Labute approximate surface area is 449 Å². The second-order valence-corrected chi connectivity index (χ2v) is 21.5. The number of aliphatic hydroxyl groups excluding tert-OH is 7. The zero-order chi connectivity index (χ0) is 53.7. The van der Waals surface area contributed by atoms with E-state index in [1.165, 1.54) is 173 Å². The minimum absolute atomic E-state index is 0.0620. The van der Waals surface area contributed by atoms with Crippen LogP contribution in [0, 0.1) is 0 Å². The molecule has 2 aliphatic heterocycles. The Morgan fingerprint density at radius 2 is 0.838 bits per heavy atom. The highest BCUT2D eigenvalue weighted by Gasteiger charge is 2.47. The standard InChI is InChI=1S/C60H112O14/c1-3-5-7-9-11-13-15-17-19-21-23-24-25-27-29-31-33-35-37-39-41-43-52(62)72-49(46-69-44-42-40-38-36-34-32-30-28-26-22-20-18-16-14-12-10-8-6-4-2)47-70-59-58(68)56(66)54(64)51(74-59)48-71-60-57(67)55(65)53(63)50(45-61)73-60/h14,16,20,22,49-51,53-61,63-68H,3-13,15,17-19,21,23-48H2,1-2H3/b16-14-,22-20-. The van der Waals surface area contributed by atoms with Crippen LogP contribution < -0.4 is 0 Å². The van der Waals surface area contributed by atoms with Crippen molar-refractivity contribution < 1.29 is 69.0 Å². The average molecular weight is 1060 g/mol. The van der Waals surface area contributed by atoms with Crippen molar-refractivity contribution in [3.05, 3.63) is 24.3 Å². The summed E-state index contributed by atoms with van der Waals surface area (Å²) in [5.41, 5.74) is 0. The van der Waals surface area contributed by atoms with Gasteiger partial charge >= 0.3 is 5.97 Å². The topological polar surface area (TPSA) is 214 Å². The monoisotopic (exact) mass is 1060 g/mol. The van der Waals surface area contributed by atoms with Gasteiger partial charge in [0.15, 0.2) is 12.6 Å². The van der Waals surface area contributed by atoms with Gasteiger partial charge in [-0.25, -0.2) is 0 Å². The van der Waals surface area contributed by atoms with E-state index in [4.69, 9.17) is 28.4 Å². The smallest absolute Gasteiger partial charge is 0.306 e. The van der Waals surface area contributed by atoms with Crippen molar-refractivity contribution in [2.45, 2.75) is 319 Å². The van der Waals surface area contributed by atoms with E-state index in [1.54, 1.807) is 0 Å². The van der Waals surface area contributed by atoms with Crippen LogP contribution in [-0.2, 0) is 33.2 Å². The number of hydrogen-bond donors (Lipinski definition) is 7. The lowest BCUT2D eigenvalue weighted by Crippen LogP contribution is -2.61. The van der Waals surface area contributed by atoms with Gasteiger partial charge in [0.25, 0.3) is 0 Å².